The monoisotopic (exact) mass is 310 g/mol. The van der Waals surface area contributed by atoms with Crippen molar-refractivity contribution in [1.29, 1.82) is 0 Å². The van der Waals surface area contributed by atoms with Crippen LogP contribution in [0.2, 0.25) is 0 Å². The first kappa shape index (κ1) is 15.2. The van der Waals surface area contributed by atoms with Crippen LogP contribution < -0.4 is 15.4 Å². The van der Waals surface area contributed by atoms with Gasteiger partial charge in [0.15, 0.2) is 0 Å². The second kappa shape index (κ2) is 6.49. The van der Waals surface area contributed by atoms with Gasteiger partial charge in [-0.25, -0.2) is 9.59 Å². The molecule has 1 aliphatic heterocycles. The number of carbonyl (C=O) groups is 2. The zero-order valence-electron chi connectivity index (χ0n) is 11.6. The number of benzene rings is 1. The van der Waals surface area contributed by atoms with Gasteiger partial charge in [0, 0.05) is 11.3 Å². The average Bonchev–Trinajstić information content (AvgIpc) is 2.53. The first-order chi connectivity index (χ1) is 10.1. The maximum atomic E-state index is 12.1. The first-order valence-corrected chi connectivity index (χ1v) is 6.73. The molecule has 0 bridgehead atoms. The van der Waals surface area contributed by atoms with Gasteiger partial charge >= 0.3 is 12.0 Å². The molecule has 112 valence electrons. The highest BCUT2D eigenvalue weighted by molar-refractivity contribution is 6.20. The third-order valence-electron chi connectivity index (χ3n) is 3.14. The van der Waals surface area contributed by atoms with E-state index in [0.717, 1.165) is 0 Å². The second-order valence-electron chi connectivity index (χ2n) is 4.29. The third kappa shape index (κ3) is 2.95. The summed E-state index contributed by atoms with van der Waals surface area (Å²) in [6.45, 7) is 0. The number of methoxy groups -OCH3 is 2. The Morgan fingerprint density at radius 2 is 2.05 bits per heavy atom. The van der Waals surface area contributed by atoms with E-state index in [0.29, 0.717) is 17.0 Å². The first-order valence-electron chi connectivity index (χ1n) is 6.20. The van der Waals surface area contributed by atoms with Gasteiger partial charge in [0.2, 0.25) is 0 Å². The van der Waals surface area contributed by atoms with E-state index in [-0.39, 0.29) is 11.5 Å². The molecule has 2 N–H and O–H groups in total. The predicted molar refractivity (Wildman–Crippen MR) is 77.2 cm³/mol. The minimum atomic E-state index is -0.684. The zero-order valence-corrected chi connectivity index (χ0v) is 12.4. The standard InChI is InChI=1S/C14H15ClN2O4/c1-20-10-6-4-3-5-8(10)12-11(13(18)21-2)9(7-15)16-14(19)17-12/h3-6,12H,7H2,1-2H3,(H2,16,17,19)/t12-/m1/s1. The second-order valence-corrected chi connectivity index (χ2v) is 4.56. The number of para-hydroxylation sites is 1. The van der Waals surface area contributed by atoms with Crippen LogP contribution in [0, 0.1) is 0 Å². The van der Waals surface area contributed by atoms with Gasteiger partial charge in [-0.05, 0) is 6.07 Å². The lowest BCUT2D eigenvalue weighted by atomic mass is 9.95. The molecule has 1 atom stereocenters. The van der Waals surface area contributed by atoms with E-state index in [1.54, 1.807) is 24.3 Å². The highest BCUT2D eigenvalue weighted by Crippen LogP contribution is 2.33. The molecule has 0 spiro atoms. The number of alkyl halides is 1. The number of nitrogens with one attached hydrogen (secondary N) is 2. The van der Waals surface area contributed by atoms with Crippen LogP contribution in [0.1, 0.15) is 11.6 Å². The average molecular weight is 311 g/mol. The van der Waals surface area contributed by atoms with Crippen molar-refractivity contribution in [2.24, 2.45) is 0 Å². The number of allylic oxidation sites excluding steroid dienone is 1. The molecule has 7 heteroatoms. The Hall–Kier alpha value is -2.21. The minimum Gasteiger partial charge on any atom is -0.496 e. The van der Waals surface area contributed by atoms with Crippen LogP contribution >= 0.6 is 11.6 Å². The molecular weight excluding hydrogens is 296 g/mol. The summed E-state index contributed by atoms with van der Waals surface area (Å²) in [6.07, 6.45) is 0. The number of esters is 1. The van der Waals surface area contributed by atoms with E-state index < -0.39 is 18.0 Å². The Morgan fingerprint density at radius 1 is 1.33 bits per heavy atom. The van der Waals surface area contributed by atoms with Gasteiger partial charge in [0.25, 0.3) is 0 Å². The summed E-state index contributed by atoms with van der Waals surface area (Å²) < 4.78 is 10.1. The minimum absolute atomic E-state index is 0.0104. The highest BCUT2D eigenvalue weighted by Gasteiger charge is 2.34. The van der Waals surface area contributed by atoms with Crippen LogP contribution in [0.5, 0.6) is 5.75 Å². The summed E-state index contributed by atoms with van der Waals surface area (Å²) in [4.78, 5) is 23.8. The molecule has 6 nitrogen and oxygen atoms in total. The lowest BCUT2D eigenvalue weighted by molar-refractivity contribution is -0.136. The lowest BCUT2D eigenvalue weighted by Gasteiger charge is -2.29. The lowest BCUT2D eigenvalue weighted by Crippen LogP contribution is -2.46. The Kier molecular flexibility index (Phi) is 4.70. The molecular formula is C14H15ClN2O4. The Balaban J connectivity index is 2.57. The number of halogens is 1. The quantitative estimate of drug-likeness (QED) is 0.656. The maximum Gasteiger partial charge on any atom is 0.338 e. The molecule has 1 aromatic carbocycles. The number of amides is 2. The molecule has 2 amide bonds. The molecule has 0 saturated carbocycles. The molecule has 0 aliphatic carbocycles. The molecule has 2 rings (SSSR count). The Morgan fingerprint density at radius 3 is 2.67 bits per heavy atom. The summed E-state index contributed by atoms with van der Waals surface area (Å²) in [6, 6.07) is 5.99. The topological polar surface area (TPSA) is 76.7 Å². The fourth-order valence-electron chi connectivity index (χ4n) is 2.21. The summed E-state index contributed by atoms with van der Waals surface area (Å²) in [7, 11) is 2.79. The van der Waals surface area contributed by atoms with Gasteiger partial charge in [0.1, 0.15) is 5.75 Å². The van der Waals surface area contributed by atoms with Gasteiger partial charge in [-0.2, -0.15) is 0 Å². The summed E-state index contributed by atoms with van der Waals surface area (Å²) in [5.74, 6) is -0.0159. The van der Waals surface area contributed by atoms with E-state index >= 15 is 0 Å². The van der Waals surface area contributed by atoms with Crippen molar-refractivity contribution < 1.29 is 19.1 Å². The normalized spacial score (nSPS) is 17.9. The third-order valence-corrected chi connectivity index (χ3v) is 3.41. The van der Waals surface area contributed by atoms with Crippen LogP contribution in [0.25, 0.3) is 0 Å². The van der Waals surface area contributed by atoms with Crippen molar-refractivity contribution in [1.82, 2.24) is 10.6 Å². The van der Waals surface area contributed by atoms with E-state index in [2.05, 4.69) is 10.6 Å². The molecule has 21 heavy (non-hydrogen) atoms. The molecule has 1 heterocycles. The molecule has 1 aliphatic rings. The van der Waals surface area contributed by atoms with Crippen molar-refractivity contribution in [3.05, 3.63) is 41.1 Å². The maximum absolute atomic E-state index is 12.1. The van der Waals surface area contributed by atoms with Crippen molar-refractivity contribution in [2.75, 3.05) is 20.1 Å². The van der Waals surface area contributed by atoms with Gasteiger partial charge in [0.05, 0.1) is 31.7 Å². The molecule has 1 aromatic rings. The van der Waals surface area contributed by atoms with Crippen molar-refractivity contribution in [2.45, 2.75) is 6.04 Å². The fourth-order valence-corrected chi connectivity index (χ4v) is 2.42. The predicted octanol–water partition coefficient (Wildman–Crippen LogP) is 1.71. The number of carbonyl (C=O) groups excluding carboxylic acids is 2. The Labute approximate surface area is 127 Å². The van der Waals surface area contributed by atoms with E-state index in [1.807, 2.05) is 0 Å². The number of hydrogen-bond acceptors (Lipinski definition) is 4. The number of rotatable bonds is 4. The van der Waals surface area contributed by atoms with Crippen LogP contribution in [0.3, 0.4) is 0 Å². The fraction of sp³-hybridized carbons (Fsp3) is 0.286. The van der Waals surface area contributed by atoms with Crippen LogP contribution in [0.15, 0.2) is 35.5 Å². The molecule has 0 fully saturated rings. The van der Waals surface area contributed by atoms with Gasteiger partial charge in [-0.1, -0.05) is 18.2 Å². The van der Waals surface area contributed by atoms with Gasteiger partial charge in [-0.15, -0.1) is 11.6 Å². The Bertz CT molecular complexity index is 600. The van der Waals surface area contributed by atoms with Crippen molar-refractivity contribution >= 4 is 23.6 Å². The summed E-state index contributed by atoms with van der Waals surface area (Å²) in [5.41, 5.74) is 1.23. The number of urea groups is 1. The van der Waals surface area contributed by atoms with Crippen LogP contribution in [-0.4, -0.2) is 32.1 Å². The van der Waals surface area contributed by atoms with E-state index in [1.165, 1.54) is 14.2 Å². The molecule has 0 aromatic heterocycles. The van der Waals surface area contributed by atoms with Crippen LogP contribution in [0.4, 0.5) is 4.79 Å². The molecule has 0 unspecified atom stereocenters. The summed E-state index contributed by atoms with van der Waals surface area (Å²) >= 11 is 5.83. The smallest absolute Gasteiger partial charge is 0.338 e. The number of hydrogen-bond donors (Lipinski definition) is 2. The molecule has 0 saturated heterocycles. The van der Waals surface area contributed by atoms with Crippen molar-refractivity contribution in [3.63, 3.8) is 0 Å². The van der Waals surface area contributed by atoms with Gasteiger partial charge in [-0.3, -0.25) is 0 Å². The van der Waals surface area contributed by atoms with Crippen LogP contribution in [-0.2, 0) is 9.53 Å². The van der Waals surface area contributed by atoms with E-state index in [4.69, 9.17) is 21.1 Å². The summed E-state index contributed by atoms with van der Waals surface area (Å²) in [5, 5.41) is 5.21. The largest absolute Gasteiger partial charge is 0.496 e. The van der Waals surface area contributed by atoms with E-state index in [9.17, 15) is 9.59 Å². The SMILES string of the molecule is COC(=O)C1=C(CCl)NC(=O)N[C@@H]1c1ccccc1OC. The molecule has 0 radical (unpaired) electrons. The number of ether oxygens (including phenoxy) is 2. The van der Waals surface area contributed by atoms with Gasteiger partial charge < -0.3 is 20.1 Å². The van der Waals surface area contributed by atoms with Crippen molar-refractivity contribution in [3.8, 4) is 5.75 Å². The zero-order chi connectivity index (χ0) is 15.4. The highest BCUT2D eigenvalue weighted by atomic mass is 35.5.